The second kappa shape index (κ2) is 6.39. The van der Waals surface area contributed by atoms with Crippen LogP contribution >= 0.6 is 23.2 Å². The molecule has 0 fully saturated rings. The molecule has 0 saturated heterocycles. The molecule has 0 aliphatic carbocycles. The highest BCUT2D eigenvalue weighted by molar-refractivity contribution is 6.42. The maximum absolute atomic E-state index is 11.4. The molecule has 2 nitrogen and oxygen atoms in total. The van der Waals surface area contributed by atoms with E-state index in [2.05, 4.69) is 0 Å². The number of carbonyl (C=O) groups excluding carboxylic acids is 1. The lowest BCUT2D eigenvalue weighted by molar-refractivity contribution is 0.112. The van der Waals surface area contributed by atoms with E-state index in [1.807, 2.05) is 42.5 Å². The third-order valence-electron chi connectivity index (χ3n) is 3.43. The summed E-state index contributed by atoms with van der Waals surface area (Å²) in [6, 6.07) is 16.8. The molecule has 0 N–H and O–H groups in total. The van der Waals surface area contributed by atoms with Crippen LogP contribution in [0.5, 0.6) is 5.75 Å². The minimum atomic E-state index is 0.316. The van der Waals surface area contributed by atoms with Gasteiger partial charge >= 0.3 is 0 Å². The molecule has 0 aromatic heterocycles. The van der Waals surface area contributed by atoms with Gasteiger partial charge in [-0.1, -0.05) is 59.6 Å². The first kappa shape index (κ1) is 14.9. The highest BCUT2D eigenvalue weighted by Gasteiger charge is 2.08. The van der Waals surface area contributed by atoms with Crippen LogP contribution in [0.25, 0.3) is 10.8 Å². The Balaban J connectivity index is 1.90. The number of hydrogen-bond acceptors (Lipinski definition) is 2. The first-order valence-electron chi connectivity index (χ1n) is 6.72. The van der Waals surface area contributed by atoms with Crippen LogP contribution in [-0.2, 0) is 6.61 Å². The van der Waals surface area contributed by atoms with E-state index in [1.165, 1.54) is 0 Å². The Bertz CT molecular complexity index is 844. The van der Waals surface area contributed by atoms with Gasteiger partial charge in [-0.15, -0.1) is 0 Å². The maximum atomic E-state index is 11.4. The summed E-state index contributed by atoms with van der Waals surface area (Å²) in [6.45, 7) is 0.316. The van der Waals surface area contributed by atoms with Crippen molar-refractivity contribution in [3.05, 3.63) is 75.8 Å². The van der Waals surface area contributed by atoms with E-state index in [1.54, 1.807) is 12.1 Å². The molecule has 0 aliphatic heterocycles. The van der Waals surface area contributed by atoms with E-state index in [4.69, 9.17) is 27.9 Å². The highest BCUT2D eigenvalue weighted by atomic mass is 35.5. The summed E-state index contributed by atoms with van der Waals surface area (Å²) in [4.78, 5) is 11.4. The zero-order chi connectivity index (χ0) is 15.5. The minimum Gasteiger partial charge on any atom is -0.488 e. The van der Waals surface area contributed by atoms with Gasteiger partial charge in [-0.25, -0.2) is 0 Å². The molecule has 0 heterocycles. The summed E-state index contributed by atoms with van der Waals surface area (Å²) in [5.41, 5.74) is 1.44. The SMILES string of the molecule is O=Cc1c(OCc2ccc(Cl)c(Cl)c2)ccc2ccccc12. The van der Waals surface area contributed by atoms with Gasteiger partial charge in [-0.3, -0.25) is 4.79 Å². The van der Waals surface area contributed by atoms with Crippen LogP contribution in [0.2, 0.25) is 10.0 Å². The fraction of sp³-hybridized carbons (Fsp3) is 0.0556. The van der Waals surface area contributed by atoms with E-state index in [-0.39, 0.29) is 0 Å². The van der Waals surface area contributed by atoms with Crippen molar-refractivity contribution in [2.45, 2.75) is 6.61 Å². The quantitative estimate of drug-likeness (QED) is 0.587. The Labute approximate surface area is 138 Å². The molecule has 0 spiro atoms. The number of benzene rings is 3. The Morgan fingerprint density at radius 2 is 1.77 bits per heavy atom. The molecule has 110 valence electrons. The molecule has 0 aliphatic rings. The van der Waals surface area contributed by atoms with E-state index in [0.717, 1.165) is 22.6 Å². The number of fused-ring (bicyclic) bond motifs is 1. The molecule has 0 saturated carbocycles. The Hall–Kier alpha value is -2.03. The predicted molar refractivity (Wildman–Crippen MR) is 90.1 cm³/mol. The third kappa shape index (κ3) is 2.94. The molecule has 0 amide bonds. The predicted octanol–water partition coefficient (Wildman–Crippen LogP) is 5.54. The number of ether oxygens (including phenoxy) is 1. The lowest BCUT2D eigenvalue weighted by Crippen LogP contribution is -1.99. The van der Waals surface area contributed by atoms with Gasteiger partial charge in [0.1, 0.15) is 12.4 Å². The van der Waals surface area contributed by atoms with Crippen LogP contribution in [0, 0.1) is 0 Å². The zero-order valence-electron chi connectivity index (χ0n) is 11.6. The Morgan fingerprint density at radius 1 is 0.955 bits per heavy atom. The first-order valence-corrected chi connectivity index (χ1v) is 7.48. The summed E-state index contributed by atoms with van der Waals surface area (Å²) in [5.74, 6) is 0.555. The molecular weight excluding hydrogens is 319 g/mol. The average molecular weight is 331 g/mol. The Kier molecular flexibility index (Phi) is 4.32. The van der Waals surface area contributed by atoms with Gasteiger partial charge < -0.3 is 4.74 Å². The van der Waals surface area contributed by atoms with E-state index < -0.39 is 0 Å². The smallest absolute Gasteiger partial charge is 0.154 e. The zero-order valence-corrected chi connectivity index (χ0v) is 13.1. The van der Waals surface area contributed by atoms with Gasteiger partial charge in [-0.05, 0) is 34.5 Å². The summed E-state index contributed by atoms with van der Waals surface area (Å²) in [5, 5.41) is 2.87. The fourth-order valence-electron chi connectivity index (χ4n) is 2.31. The molecule has 3 aromatic carbocycles. The van der Waals surface area contributed by atoms with Crippen molar-refractivity contribution in [3.63, 3.8) is 0 Å². The monoisotopic (exact) mass is 330 g/mol. The van der Waals surface area contributed by atoms with Crippen LogP contribution < -0.4 is 4.74 Å². The van der Waals surface area contributed by atoms with Gasteiger partial charge in [-0.2, -0.15) is 0 Å². The second-order valence-electron chi connectivity index (χ2n) is 4.85. The summed E-state index contributed by atoms with van der Waals surface area (Å²) in [7, 11) is 0. The van der Waals surface area contributed by atoms with Crippen molar-refractivity contribution in [2.75, 3.05) is 0 Å². The molecule has 3 aromatic rings. The average Bonchev–Trinajstić information content (AvgIpc) is 2.55. The topological polar surface area (TPSA) is 26.3 Å². The van der Waals surface area contributed by atoms with Crippen molar-refractivity contribution in [2.24, 2.45) is 0 Å². The van der Waals surface area contributed by atoms with Crippen LogP contribution in [0.15, 0.2) is 54.6 Å². The van der Waals surface area contributed by atoms with Gasteiger partial charge in [0.15, 0.2) is 6.29 Å². The number of carbonyl (C=O) groups is 1. The fourth-order valence-corrected chi connectivity index (χ4v) is 2.63. The number of rotatable bonds is 4. The molecule has 3 rings (SSSR count). The summed E-state index contributed by atoms with van der Waals surface area (Å²) in [6.07, 6.45) is 0.826. The molecule has 0 bridgehead atoms. The van der Waals surface area contributed by atoms with Gasteiger partial charge in [0.05, 0.1) is 15.6 Å². The van der Waals surface area contributed by atoms with Crippen LogP contribution in [-0.4, -0.2) is 6.29 Å². The van der Waals surface area contributed by atoms with Crippen molar-refractivity contribution >= 4 is 40.3 Å². The molecule has 0 radical (unpaired) electrons. The van der Waals surface area contributed by atoms with Crippen molar-refractivity contribution < 1.29 is 9.53 Å². The largest absolute Gasteiger partial charge is 0.488 e. The summed E-state index contributed by atoms with van der Waals surface area (Å²) >= 11 is 11.9. The number of hydrogen-bond donors (Lipinski definition) is 0. The lowest BCUT2D eigenvalue weighted by atomic mass is 10.0. The van der Waals surface area contributed by atoms with Crippen molar-refractivity contribution in [1.29, 1.82) is 0 Å². The van der Waals surface area contributed by atoms with E-state index in [9.17, 15) is 4.79 Å². The van der Waals surface area contributed by atoms with E-state index >= 15 is 0 Å². The molecule has 0 atom stereocenters. The molecule has 4 heteroatoms. The van der Waals surface area contributed by atoms with E-state index in [0.29, 0.717) is 28.0 Å². The van der Waals surface area contributed by atoms with Crippen LogP contribution in [0.1, 0.15) is 15.9 Å². The van der Waals surface area contributed by atoms with Crippen LogP contribution in [0.3, 0.4) is 0 Å². The molecule has 0 unspecified atom stereocenters. The lowest BCUT2D eigenvalue weighted by Gasteiger charge is -2.11. The highest BCUT2D eigenvalue weighted by Crippen LogP contribution is 2.28. The molecular formula is C18H12Cl2O2. The first-order chi connectivity index (χ1) is 10.7. The van der Waals surface area contributed by atoms with Gasteiger partial charge in [0.2, 0.25) is 0 Å². The van der Waals surface area contributed by atoms with Gasteiger partial charge in [0.25, 0.3) is 0 Å². The second-order valence-corrected chi connectivity index (χ2v) is 5.67. The van der Waals surface area contributed by atoms with Crippen LogP contribution in [0.4, 0.5) is 0 Å². The van der Waals surface area contributed by atoms with Crippen molar-refractivity contribution in [1.82, 2.24) is 0 Å². The van der Waals surface area contributed by atoms with Gasteiger partial charge in [0, 0.05) is 0 Å². The molecule has 22 heavy (non-hydrogen) atoms. The van der Waals surface area contributed by atoms with Crippen molar-refractivity contribution in [3.8, 4) is 5.75 Å². The third-order valence-corrected chi connectivity index (χ3v) is 4.17. The number of halogens is 2. The summed E-state index contributed by atoms with van der Waals surface area (Å²) < 4.78 is 5.78. The Morgan fingerprint density at radius 3 is 2.55 bits per heavy atom. The normalized spacial score (nSPS) is 10.6. The minimum absolute atomic E-state index is 0.316. The number of aldehydes is 1. The standard InChI is InChI=1S/C18H12Cl2O2/c19-16-7-5-12(9-17(16)20)11-22-18-8-6-13-3-1-2-4-14(13)15(18)10-21/h1-10H,11H2. The maximum Gasteiger partial charge on any atom is 0.154 e.